The maximum Gasteiger partial charge on any atom is 0.361 e. The fourth-order valence-corrected chi connectivity index (χ4v) is 2.89. The summed E-state index contributed by atoms with van der Waals surface area (Å²) in [6, 6.07) is 5.78. The predicted octanol–water partition coefficient (Wildman–Crippen LogP) is 2.90. The smallest absolute Gasteiger partial charge is 0.361 e. The molecule has 1 aromatic carbocycles. The van der Waals surface area contributed by atoms with Gasteiger partial charge in [-0.1, -0.05) is 11.6 Å². The van der Waals surface area contributed by atoms with Gasteiger partial charge < -0.3 is 9.64 Å². The minimum Gasteiger partial charge on any atom is -0.461 e. The molecule has 1 saturated heterocycles. The fourth-order valence-electron chi connectivity index (χ4n) is 2.63. The van der Waals surface area contributed by atoms with Gasteiger partial charge in [0.15, 0.2) is 5.69 Å². The number of H-pyrrole nitrogens is 1. The molecule has 22 heavy (non-hydrogen) atoms. The molecule has 3 rings (SSSR count). The summed E-state index contributed by atoms with van der Waals surface area (Å²) < 4.78 is 4.98. The highest BCUT2D eigenvalue weighted by atomic mass is 35.5. The number of nitrogens with zero attached hydrogens (tertiary/aromatic N) is 3. The quantitative estimate of drug-likeness (QED) is 0.877. The van der Waals surface area contributed by atoms with Crippen molar-refractivity contribution in [3.8, 4) is 11.3 Å². The molecule has 0 spiro atoms. The van der Waals surface area contributed by atoms with Gasteiger partial charge in [-0.3, -0.25) is 0 Å². The maximum absolute atomic E-state index is 11.9. The van der Waals surface area contributed by atoms with Crippen LogP contribution in [0.4, 0.5) is 5.69 Å². The zero-order valence-electron chi connectivity index (χ0n) is 12.3. The number of aromatic nitrogens is 3. The molecule has 0 unspecified atom stereocenters. The molecular weight excluding hydrogens is 304 g/mol. The third-order valence-electron chi connectivity index (χ3n) is 3.70. The molecule has 116 valence electrons. The Balaban J connectivity index is 1.92. The van der Waals surface area contributed by atoms with Gasteiger partial charge in [-0.15, -0.1) is 5.10 Å². The number of benzene rings is 1. The SMILES string of the molecule is CCOC(=O)c1n[nH]nc1-c1ccc(N2CCCC2)cc1Cl. The number of nitrogens with one attached hydrogen (secondary N) is 1. The van der Waals surface area contributed by atoms with Crippen LogP contribution in [0.2, 0.25) is 5.02 Å². The monoisotopic (exact) mass is 320 g/mol. The van der Waals surface area contributed by atoms with Gasteiger partial charge in [-0.25, -0.2) is 4.79 Å². The van der Waals surface area contributed by atoms with Gasteiger partial charge in [-0.05, 0) is 38.0 Å². The van der Waals surface area contributed by atoms with Crippen LogP contribution in [-0.4, -0.2) is 41.1 Å². The fraction of sp³-hybridized carbons (Fsp3) is 0.400. The van der Waals surface area contributed by atoms with Gasteiger partial charge in [0, 0.05) is 24.3 Å². The minimum absolute atomic E-state index is 0.151. The Bertz CT molecular complexity index is 680. The molecule has 6 nitrogen and oxygen atoms in total. The molecule has 2 heterocycles. The molecule has 0 radical (unpaired) electrons. The van der Waals surface area contributed by atoms with Gasteiger partial charge >= 0.3 is 5.97 Å². The van der Waals surface area contributed by atoms with E-state index in [1.807, 2.05) is 18.2 Å². The molecule has 1 fully saturated rings. The lowest BCUT2D eigenvalue weighted by Crippen LogP contribution is -2.17. The number of hydrogen-bond donors (Lipinski definition) is 1. The van der Waals surface area contributed by atoms with E-state index in [1.54, 1.807) is 6.92 Å². The van der Waals surface area contributed by atoms with Crippen LogP contribution in [0.1, 0.15) is 30.3 Å². The van der Waals surface area contributed by atoms with Crippen molar-refractivity contribution in [1.82, 2.24) is 15.4 Å². The van der Waals surface area contributed by atoms with Crippen LogP contribution in [0.5, 0.6) is 0 Å². The highest BCUT2D eigenvalue weighted by Crippen LogP contribution is 2.33. The van der Waals surface area contributed by atoms with Crippen LogP contribution in [0.3, 0.4) is 0 Å². The van der Waals surface area contributed by atoms with Crippen LogP contribution in [0, 0.1) is 0 Å². The molecule has 1 N–H and O–H groups in total. The first-order valence-electron chi connectivity index (χ1n) is 7.33. The molecule has 0 aliphatic carbocycles. The number of carbonyl (C=O) groups excluding carboxylic acids is 1. The van der Waals surface area contributed by atoms with Crippen molar-refractivity contribution in [1.29, 1.82) is 0 Å². The van der Waals surface area contributed by atoms with E-state index in [-0.39, 0.29) is 12.3 Å². The average molecular weight is 321 g/mol. The minimum atomic E-state index is -0.508. The van der Waals surface area contributed by atoms with Gasteiger partial charge in [0.25, 0.3) is 0 Å². The number of carbonyl (C=O) groups is 1. The number of esters is 1. The lowest BCUT2D eigenvalue weighted by molar-refractivity contribution is 0.0520. The zero-order chi connectivity index (χ0) is 15.5. The van der Waals surface area contributed by atoms with E-state index in [1.165, 1.54) is 12.8 Å². The van der Waals surface area contributed by atoms with Crippen LogP contribution >= 0.6 is 11.6 Å². The largest absolute Gasteiger partial charge is 0.461 e. The van der Waals surface area contributed by atoms with Gasteiger partial charge in [0.2, 0.25) is 0 Å². The summed E-state index contributed by atoms with van der Waals surface area (Å²) in [4.78, 5) is 14.2. The molecule has 0 amide bonds. The second kappa shape index (κ2) is 6.36. The second-order valence-electron chi connectivity index (χ2n) is 5.10. The van der Waals surface area contributed by atoms with E-state index < -0.39 is 5.97 Å². The Hall–Kier alpha value is -2.08. The standard InChI is InChI=1S/C15H17ClN4O2/c1-2-22-15(21)14-13(17-19-18-14)11-6-5-10(9-12(11)16)20-7-3-4-8-20/h5-6,9H,2-4,7-8H2,1H3,(H,17,18,19). The third kappa shape index (κ3) is 2.78. The first-order chi connectivity index (χ1) is 10.7. The van der Waals surface area contributed by atoms with Crippen molar-refractivity contribution < 1.29 is 9.53 Å². The van der Waals surface area contributed by atoms with E-state index in [2.05, 4.69) is 20.3 Å². The molecular formula is C15H17ClN4O2. The van der Waals surface area contributed by atoms with E-state index in [4.69, 9.17) is 16.3 Å². The first-order valence-corrected chi connectivity index (χ1v) is 7.71. The summed E-state index contributed by atoms with van der Waals surface area (Å²) in [6.45, 7) is 4.13. The summed E-state index contributed by atoms with van der Waals surface area (Å²) in [5.74, 6) is -0.508. The Kier molecular flexibility index (Phi) is 4.29. The van der Waals surface area contributed by atoms with Crippen molar-refractivity contribution in [3.63, 3.8) is 0 Å². The number of anilines is 1. The summed E-state index contributed by atoms with van der Waals surface area (Å²) in [5, 5.41) is 10.9. The van der Waals surface area contributed by atoms with Gasteiger partial charge in [-0.2, -0.15) is 10.3 Å². The number of rotatable bonds is 4. The van der Waals surface area contributed by atoms with E-state index in [9.17, 15) is 4.79 Å². The average Bonchev–Trinajstić information content (AvgIpc) is 3.19. The van der Waals surface area contributed by atoms with Crippen molar-refractivity contribution >= 4 is 23.3 Å². The highest BCUT2D eigenvalue weighted by Gasteiger charge is 2.21. The molecule has 0 atom stereocenters. The van der Waals surface area contributed by atoms with Gasteiger partial charge in [0.05, 0.1) is 11.6 Å². The van der Waals surface area contributed by atoms with Crippen LogP contribution in [-0.2, 0) is 4.74 Å². The summed E-state index contributed by atoms with van der Waals surface area (Å²) in [6.07, 6.45) is 2.41. The number of aromatic amines is 1. The summed E-state index contributed by atoms with van der Waals surface area (Å²) in [5.41, 5.74) is 2.32. The lowest BCUT2D eigenvalue weighted by atomic mass is 10.1. The highest BCUT2D eigenvalue weighted by molar-refractivity contribution is 6.33. The van der Waals surface area contributed by atoms with E-state index in [0.29, 0.717) is 16.3 Å². The molecule has 0 bridgehead atoms. The van der Waals surface area contributed by atoms with Crippen LogP contribution < -0.4 is 4.90 Å². The molecule has 2 aromatic rings. The number of hydrogen-bond acceptors (Lipinski definition) is 5. The van der Waals surface area contributed by atoms with E-state index in [0.717, 1.165) is 18.8 Å². The summed E-state index contributed by atoms with van der Waals surface area (Å²) in [7, 11) is 0. The Labute approximate surface area is 133 Å². The molecule has 1 aliphatic rings. The molecule has 7 heteroatoms. The molecule has 0 saturated carbocycles. The Morgan fingerprint density at radius 3 is 2.82 bits per heavy atom. The molecule has 1 aromatic heterocycles. The van der Waals surface area contributed by atoms with Crippen molar-refractivity contribution in [2.24, 2.45) is 0 Å². The summed E-state index contributed by atoms with van der Waals surface area (Å²) >= 11 is 6.39. The topological polar surface area (TPSA) is 71.1 Å². The van der Waals surface area contributed by atoms with Crippen LogP contribution in [0.15, 0.2) is 18.2 Å². The van der Waals surface area contributed by atoms with Crippen molar-refractivity contribution in [2.75, 3.05) is 24.6 Å². The maximum atomic E-state index is 11.9. The first kappa shape index (κ1) is 14.8. The predicted molar refractivity (Wildman–Crippen MR) is 84.2 cm³/mol. The van der Waals surface area contributed by atoms with Gasteiger partial charge in [0.1, 0.15) is 5.69 Å². The lowest BCUT2D eigenvalue weighted by Gasteiger charge is -2.18. The zero-order valence-corrected chi connectivity index (χ0v) is 13.1. The Morgan fingerprint density at radius 1 is 1.36 bits per heavy atom. The normalized spacial score (nSPS) is 14.4. The number of halogens is 1. The van der Waals surface area contributed by atoms with Crippen molar-refractivity contribution in [3.05, 3.63) is 28.9 Å². The second-order valence-corrected chi connectivity index (χ2v) is 5.51. The van der Waals surface area contributed by atoms with E-state index >= 15 is 0 Å². The number of ether oxygens (including phenoxy) is 1. The van der Waals surface area contributed by atoms with Crippen LogP contribution in [0.25, 0.3) is 11.3 Å². The third-order valence-corrected chi connectivity index (χ3v) is 4.01. The van der Waals surface area contributed by atoms with Crippen molar-refractivity contribution in [2.45, 2.75) is 19.8 Å². The molecule has 1 aliphatic heterocycles. The Morgan fingerprint density at radius 2 is 2.14 bits per heavy atom.